The summed E-state index contributed by atoms with van der Waals surface area (Å²) in [6.45, 7) is -0.0504. The van der Waals surface area contributed by atoms with Crippen molar-refractivity contribution in [2.45, 2.75) is 6.61 Å². The van der Waals surface area contributed by atoms with Gasteiger partial charge in [0.25, 0.3) is 0 Å². The number of hydrogen-bond acceptors (Lipinski definition) is 2. The van der Waals surface area contributed by atoms with Gasteiger partial charge in [0.05, 0.1) is 23.0 Å². The van der Waals surface area contributed by atoms with Gasteiger partial charge in [0.2, 0.25) is 0 Å². The summed E-state index contributed by atoms with van der Waals surface area (Å²) in [5.41, 5.74) is 1.50. The van der Waals surface area contributed by atoms with E-state index in [1.54, 1.807) is 23.0 Å². The maximum Gasteiger partial charge on any atom is 0.0854 e. The highest BCUT2D eigenvalue weighted by Crippen LogP contribution is 2.20. The molecule has 4 heteroatoms. The topological polar surface area (TPSA) is 38.1 Å². The summed E-state index contributed by atoms with van der Waals surface area (Å²) in [5, 5.41) is 13.8. The Hall–Kier alpha value is -1.32. The fourth-order valence-corrected chi connectivity index (χ4v) is 1.51. The van der Waals surface area contributed by atoms with E-state index in [9.17, 15) is 0 Å². The summed E-state index contributed by atoms with van der Waals surface area (Å²) in [6.07, 6.45) is 1.63. The molecule has 0 bridgehead atoms. The molecule has 14 heavy (non-hydrogen) atoms. The average Bonchev–Trinajstić information content (AvgIpc) is 2.66. The van der Waals surface area contributed by atoms with Gasteiger partial charge >= 0.3 is 0 Å². The van der Waals surface area contributed by atoms with Crippen molar-refractivity contribution in [1.29, 1.82) is 0 Å². The van der Waals surface area contributed by atoms with Crippen molar-refractivity contribution in [2.75, 3.05) is 0 Å². The lowest BCUT2D eigenvalue weighted by Gasteiger charge is -2.06. The molecule has 1 aromatic carbocycles. The highest BCUT2D eigenvalue weighted by Gasteiger charge is 2.06. The molecule has 0 aliphatic heterocycles. The molecule has 0 saturated heterocycles. The first-order valence-electron chi connectivity index (χ1n) is 4.21. The van der Waals surface area contributed by atoms with Gasteiger partial charge in [-0.3, -0.25) is 0 Å². The highest BCUT2D eigenvalue weighted by atomic mass is 35.5. The molecule has 0 radical (unpaired) electrons. The second-order valence-electron chi connectivity index (χ2n) is 2.84. The largest absolute Gasteiger partial charge is 0.390 e. The van der Waals surface area contributed by atoms with E-state index < -0.39 is 0 Å². The summed E-state index contributed by atoms with van der Waals surface area (Å²) in [6, 6.07) is 9.13. The lowest BCUT2D eigenvalue weighted by molar-refractivity contribution is 0.273. The van der Waals surface area contributed by atoms with Gasteiger partial charge in [0.1, 0.15) is 0 Å². The van der Waals surface area contributed by atoms with Crippen LogP contribution in [0.2, 0.25) is 5.02 Å². The van der Waals surface area contributed by atoms with E-state index in [4.69, 9.17) is 16.7 Å². The number of hydrogen-bond donors (Lipinski definition) is 1. The summed E-state index contributed by atoms with van der Waals surface area (Å²) in [4.78, 5) is 0. The third-order valence-electron chi connectivity index (χ3n) is 1.96. The molecule has 0 atom stereocenters. The summed E-state index contributed by atoms with van der Waals surface area (Å²) in [7, 11) is 0. The quantitative estimate of drug-likeness (QED) is 0.820. The number of rotatable bonds is 2. The number of aliphatic hydroxyl groups is 1. The van der Waals surface area contributed by atoms with Crippen LogP contribution < -0.4 is 0 Å². The zero-order chi connectivity index (χ0) is 9.97. The first-order valence-corrected chi connectivity index (χ1v) is 4.59. The Kier molecular flexibility index (Phi) is 2.52. The summed E-state index contributed by atoms with van der Waals surface area (Å²) >= 11 is 6.00. The zero-order valence-electron chi connectivity index (χ0n) is 7.39. The zero-order valence-corrected chi connectivity index (χ0v) is 8.15. The molecule has 0 amide bonds. The molecule has 2 rings (SSSR count). The first-order chi connectivity index (χ1) is 6.83. The van der Waals surface area contributed by atoms with Crippen LogP contribution in [-0.2, 0) is 6.61 Å². The molecular formula is C10H9ClN2O. The van der Waals surface area contributed by atoms with Gasteiger partial charge in [-0.1, -0.05) is 23.7 Å². The summed E-state index contributed by atoms with van der Waals surface area (Å²) < 4.78 is 1.63. The van der Waals surface area contributed by atoms with Gasteiger partial charge in [-0.25, -0.2) is 4.68 Å². The molecule has 0 fully saturated rings. The van der Waals surface area contributed by atoms with Crippen LogP contribution in [0.1, 0.15) is 5.69 Å². The average molecular weight is 209 g/mol. The lowest BCUT2D eigenvalue weighted by atomic mass is 10.3. The minimum Gasteiger partial charge on any atom is -0.390 e. The van der Waals surface area contributed by atoms with Gasteiger partial charge in [0, 0.05) is 6.20 Å². The van der Waals surface area contributed by atoms with Crippen LogP contribution in [0.25, 0.3) is 5.69 Å². The van der Waals surface area contributed by atoms with Crippen molar-refractivity contribution in [3.8, 4) is 5.69 Å². The molecule has 0 spiro atoms. The Balaban J connectivity index is 2.54. The normalized spacial score (nSPS) is 10.4. The summed E-state index contributed by atoms with van der Waals surface area (Å²) in [5.74, 6) is 0. The van der Waals surface area contributed by atoms with Crippen molar-refractivity contribution >= 4 is 11.6 Å². The molecule has 1 N–H and O–H groups in total. The lowest BCUT2D eigenvalue weighted by Crippen LogP contribution is -2.02. The predicted molar refractivity (Wildman–Crippen MR) is 54.5 cm³/mol. The van der Waals surface area contributed by atoms with Crippen molar-refractivity contribution in [2.24, 2.45) is 0 Å². The molecule has 1 heterocycles. The molecule has 1 aromatic heterocycles. The van der Waals surface area contributed by atoms with Crippen molar-refractivity contribution in [3.05, 3.63) is 47.2 Å². The standard InChI is InChI=1S/C10H9ClN2O/c11-9-3-1-2-4-10(9)13-8(7-14)5-6-12-13/h1-6,14H,7H2. The molecule has 0 aliphatic rings. The Morgan fingerprint density at radius 2 is 2.07 bits per heavy atom. The Labute approximate surface area is 86.6 Å². The second-order valence-corrected chi connectivity index (χ2v) is 3.25. The van der Waals surface area contributed by atoms with Crippen LogP contribution >= 0.6 is 11.6 Å². The fraction of sp³-hybridized carbons (Fsp3) is 0.100. The van der Waals surface area contributed by atoms with Gasteiger partial charge in [-0.2, -0.15) is 5.10 Å². The maximum absolute atomic E-state index is 9.06. The van der Waals surface area contributed by atoms with Gasteiger partial charge in [-0.15, -0.1) is 0 Å². The van der Waals surface area contributed by atoms with Crippen LogP contribution in [-0.4, -0.2) is 14.9 Å². The molecule has 72 valence electrons. The minimum atomic E-state index is -0.0504. The number of aliphatic hydroxyl groups excluding tert-OH is 1. The van der Waals surface area contributed by atoms with E-state index in [2.05, 4.69) is 5.10 Å². The first kappa shape index (κ1) is 9.24. The number of aromatic nitrogens is 2. The molecule has 0 saturated carbocycles. The van der Waals surface area contributed by atoms with Crippen LogP contribution in [0.15, 0.2) is 36.5 Å². The van der Waals surface area contributed by atoms with Crippen LogP contribution in [0.4, 0.5) is 0 Å². The monoisotopic (exact) mass is 208 g/mol. The number of benzene rings is 1. The van der Waals surface area contributed by atoms with E-state index in [0.29, 0.717) is 5.02 Å². The molecular weight excluding hydrogens is 200 g/mol. The Morgan fingerprint density at radius 1 is 1.29 bits per heavy atom. The van der Waals surface area contributed by atoms with Gasteiger partial charge < -0.3 is 5.11 Å². The molecule has 2 aromatic rings. The highest BCUT2D eigenvalue weighted by molar-refractivity contribution is 6.32. The van der Waals surface area contributed by atoms with Crippen LogP contribution in [0, 0.1) is 0 Å². The van der Waals surface area contributed by atoms with Crippen molar-refractivity contribution < 1.29 is 5.11 Å². The molecule has 3 nitrogen and oxygen atoms in total. The van der Waals surface area contributed by atoms with E-state index in [1.165, 1.54) is 0 Å². The Morgan fingerprint density at radius 3 is 2.79 bits per heavy atom. The molecule has 0 unspecified atom stereocenters. The van der Waals surface area contributed by atoms with Crippen LogP contribution in [0.5, 0.6) is 0 Å². The van der Waals surface area contributed by atoms with Gasteiger partial charge in [-0.05, 0) is 18.2 Å². The van der Waals surface area contributed by atoms with E-state index in [0.717, 1.165) is 11.4 Å². The minimum absolute atomic E-state index is 0.0504. The van der Waals surface area contributed by atoms with Gasteiger partial charge in [0.15, 0.2) is 0 Å². The van der Waals surface area contributed by atoms with Crippen molar-refractivity contribution in [3.63, 3.8) is 0 Å². The predicted octanol–water partition coefficient (Wildman–Crippen LogP) is 2.02. The smallest absolute Gasteiger partial charge is 0.0854 e. The number of nitrogens with zero attached hydrogens (tertiary/aromatic N) is 2. The second kappa shape index (κ2) is 3.82. The maximum atomic E-state index is 9.06. The Bertz CT molecular complexity index is 439. The van der Waals surface area contributed by atoms with E-state index in [1.807, 2.05) is 18.2 Å². The third kappa shape index (κ3) is 1.52. The van der Waals surface area contributed by atoms with Crippen LogP contribution in [0.3, 0.4) is 0 Å². The molecule has 0 aliphatic carbocycles. The van der Waals surface area contributed by atoms with E-state index >= 15 is 0 Å². The van der Waals surface area contributed by atoms with Crippen molar-refractivity contribution in [1.82, 2.24) is 9.78 Å². The number of halogens is 1. The van der Waals surface area contributed by atoms with E-state index in [-0.39, 0.29) is 6.61 Å². The third-order valence-corrected chi connectivity index (χ3v) is 2.28. The number of para-hydroxylation sites is 1. The SMILES string of the molecule is OCc1ccnn1-c1ccccc1Cl. The fourth-order valence-electron chi connectivity index (χ4n) is 1.29.